The van der Waals surface area contributed by atoms with Crippen LogP contribution in [-0.4, -0.2) is 18.1 Å². The summed E-state index contributed by atoms with van der Waals surface area (Å²) in [5.41, 5.74) is 0. The normalized spacial score (nSPS) is 11.2. The van der Waals surface area contributed by atoms with Gasteiger partial charge in [-0.2, -0.15) is 0 Å². The predicted molar refractivity (Wildman–Crippen MR) is 133 cm³/mol. The molecule has 4 heteroatoms. The van der Waals surface area contributed by atoms with Crippen molar-refractivity contribution in [2.75, 3.05) is 13.2 Å². The zero-order valence-corrected chi connectivity index (χ0v) is 21.1. The Hall–Kier alpha value is -0.470. The van der Waals surface area contributed by atoms with Gasteiger partial charge in [-0.1, -0.05) is 128 Å². The number of hydrogen-bond acceptors (Lipinski definition) is 3. The summed E-state index contributed by atoms with van der Waals surface area (Å²) in [7, 11) is -1.65. The standard InChI is InChI=1S/C20H43O3P.C6H6/c1-19(2)15-11-7-5-9-13-17-22-24(21)23-18-14-10-6-8-12-16-20(3)4;1-2-4-6-5-3-1/h19-21H,5-18H2,1-4H3;1-6H. The van der Waals surface area contributed by atoms with Gasteiger partial charge in [-0.3, -0.25) is 0 Å². The van der Waals surface area contributed by atoms with Gasteiger partial charge in [-0.15, -0.1) is 0 Å². The van der Waals surface area contributed by atoms with Gasteiger partial charge in [0.1, 0.15) is 0 Å². The van der Waals surface area contributed by atoms with E-state index in [4.69, 9.17) is 9.05 Å². The molecule has 0 saturated heterocycles. The van der Waals surface area contributed by atoms with Crippen molar-refractivity contribution in [3.8, 4) is 0 Å². The first-order valence-electron chi connectivity index (χ1n) is 12.3. The maximum Gasteiger partial charge on any atom is 0.329 e. The quantitative estimate of drug-likeness (QED) is 0.183. The van der Waals surface area contributed by atoms with Gasteiger partial charge in [0.2, 0.25) is 0 Å². The number of benzene rings is 1. The lowest BCUT2D eigenvalue weighted by molar-refractivity contribution is 0.193. The lowest BCUT2D eigenvalue weighted by Crippen LogP contribution is -1.96. The van der Waals surface area contributed by atoms with Crippen LogP contribution in [0.3, 0.4) is 0 Å². The third-order valence-corrected chi connectivity index (χ3v) is 5.73. The largest absolute Gasteiger partial charge is 0.329 e. The molecule has 30 heavy (non-hydrogen) atoms. The van der Waals surface area contributed by atoms with E-state index in [1.807, 2.05) is 36.4 Å². The van der Waals surface area contributed by atoms with Crippen LogP contribution in [0, 0.1) is 11.8 Å². The molecule has 0 bridgehead atoms. The van der Waals surface area contributed by atoms with E-state index >= 15 is 0 Å². The van der Waals surface area contributed by atoms with Gasteiger partial charge in [0, 0.05) is 0 Å². The Morgan fingerprint density at radius 2 is 0.833 bits per heavy atom. The highest BCUT2D eigenvalue weighted by Crippen LogP contribution is 2.33. The first-order chi connectivity index (χ1) is 14.5. The molecule has 0 heterocycles. The first-order valence-corrected chi connectivity index (χ1v) is 13.4. The first kappa shape index (κ1) is 29.5. The van der Waals surface area contributed by atoms with Crippen molar-refractivity contribution in [1.82, 2.24) is 0 Å². The van der Waals surface area contributed by atoms with E-state index in [9.17, 15) is 4.89 Å². The Balaban J connectivity index is 0.00000118. The van der Waals surface area contributed by atoms with Crippen LogP contribution in [0.1, 0.15) is 105 Å². The maximum atomic E-state index is 9.67. The Kier molecular flexibility index (Phi) is 22.8. The Morgan fingerprint density at radius 1 is 0.533 bits per heavy atom. The van der Waals surface area contributed by atoms with Crippen LogP contribution in [0.25, 0.3) is 0 Å². The molecule has 0 aliphatic carbocycles. The molecule has 0 aliphatic heterocycles. The summed E-state index contributed by atoms with van der Waals surface area (Å²) in [6.07, 6.45) is 15.0. The predicted octanol–water partition coefficient (Wildman–Crippen LogP) is 8.92. The van der Waals surface area contributed by atoms with E-state index in [-0.39, 0.29) is 0 Å². The molecular weight excluding hydrogens is 391 g/mol. The second kappa shape index (κ2) is 23.2. The van der Waals surface area contributed by atoms with Crippen LogP contribution in [0.2, 0.25) is 0 Å². The molecule has 176 valence electrons. The van der Waals surface area contributed by atoms with Gasteiger partial charge < -0.3 is 13.9 Å². The molecule has 0 aromatic heterocycles. The van der Waals surface area contributed by atoms with Crippen molar-refractivity contribution in [2.45, 2.75) is 105 Å². The highest BCUT2D eigenvalue weighted by molar-refractivity contribution is 7.40. The van der Waals surface area contributed by atoms with Crippen molar-refractivity contribution < 1.29 is 13.9 Å². The molecule has 3 nitrogen and oxygen atoms in total. The van der Waals surface area contributed by atoms with Crippen LogP contribution in [-0.2, 0) is 9.05 Å². The van der Waals surface area contributed by atoms with Gasteiger partial charge in [0.25, 0.3) is 0 Å². The van der Waals surface area contributed by atoms with Gasteiger partial charge in [-0.05, 0) is 24.7 Å². The molecule has 0 atom stereocenters. The van der Waals surface area contributed by atoms with Gasteiger partial charge in [-0.25, -0.2) is 0 Å². The Labute approximate surface area is 189 Å². The molecule has 1 aromatic carbocycles. The topological polar surface area (TPSA) is 38.7 Å². The number of hydrogen-bond donors (Lipinski definition) is 1. The van der Waals surface area contributed by atoms with Gasteiger partial charge >= 0.3 is 8.60 Å². The Morgan fingerprint density at radius 3 is 1.17 bits per heavy atom. The molecule has 0 radical (unpaired) electrons. The molecule has 0 aliphatic rings. The van der Waals surface area contributed by atoms with E-state index in [1.54, 1.807) is 0 Å². The zero-order valence-electron chi connectivity index (χ0n) is 20.2. The smallest absolute Gasteiger partial charge is 0.328 e. The minimum absolute atomic E-state index is 0.627. The van der Waals surface area contributed by atoms with Crippen LogP contribution >= 0.6 is 8.60 Å². The van der Waals surface area contributed by atoms with Crippen molar-refractivity contribution in [3.05, 3.63) is 36.4 Å². The Bertz CT molecular complexity index is 375. The van der Waals surface area contributed by atoms with Crippen molar-refractivity contribution in [2.24, 2.45) is 11.8 Å². The molecule has 1 aromatic rings. The fourth-order valence-electron chi connectivity index (χ4n) is 3.08. The molecule has 0 unspecified atom stereocenters. The summed E-state index contributed by atoms with van der Waals surface area (Å²) in [4.78, 5) is 9.67. The monoisotopic (exact) mass is 440 g/mol. The molecule has 0 amide bonds. The van der Waals surface area contributed by atoms with Crippen LogP contribution in [0.15, 0.2) is 36.4 Å². The fourth-order valence-corrected chi connectivity index (χ4v) is 3.72. The molecule has 1 N–H and O–H groups in total. The number of rotatable bonds is 18. The van der Waals surface area contributed by atoms with Crippen LogP contribution in [0.4, 0.5) is 0 Å². The molecule has 0 spiro atoms. The SMILES string of the molecule is CC(C)CCCCCCCOP(O)OCCCCCCCC(C)C.c1ccccc1. The minimum Gasteiger partial charge on any atom is -0.328 e. The van der Waals surface area contributed by atoms with E-state index in [1.165, 1.54) is 64.2 Å². The summed E-state index contributed by atoms with van der Waals surface area (Å²) in [6, 6.07) is 12.0. The van der Waals surface area contributed by atoms with E-state index < -0.39 is 8.60 Å². The second-order valence-corrected chi connectivity index (χ2v) is 9.95. The zero-order chi connectivity index (χ0) is 22.3. The van der Waals surface area contributed by atoms with Gasteiger partial charge in [0.15, 0.2) is 0 Å². The summed E-state index contributed by atoms with van der Waals surface area (Å²) in [5.74, 6) is 1.65. The second-order valence-electron chi connectivity index (χ2n) is 8.96. The highest BCUT2D eigenvalue weighted by Gasteiger charge is 2.06. The van der Waals surface area contributed by atoms with E-state index in [0.29, 0.717) is 13.2 Å². The van der Waals surface area contributed by atoms with Crippen molar-refractivity contribution >= 4 is 8.60 Å². The summed E-state index contributed by atoms with van der Waals surface area (Å²) >= 11 is 0. The van der Waals surface area contributed by atoms with E-state index in [2.05, 4.69) is 27.7 Å². The van der Waals surface area contributed by atoms with Crippen LogP contribution < -0.4 is 0 Å². The van der Waals surface area contributed by atoms with Gasteiger partial charge in [0.05, 0.1) is 13.2 Å². The fraction of sp³-hybridized carbons (Fsp3) is 0.769. The van der Waals surface area contributed by atoms with Crippen LogP contribution in [0.5, 0.6) is 0 Å². The third kappa shape index (κ3) is 25.6. The molecule has 0 saturated carbocycles. The lowest BCUT2D eigenvalue weighted by Gasteiger charge is -2.11. The maximum absolute atomic E-state index is 9.67. The third-order valence-electron chi connectivity index (χ3n) is 4.92. The summed E-state index contributed by atoms with van der Waals surface area (Å²) in [5, 5.41) is 0. The molecule has 1 rings (SSSR count). The molecular formula is C26H49O3P. The average molecular weight is 441 g/mol. The molecule has 0 fully saturated rings. The average Bonchev–Trinajstić information content (AvgIpc) is 2.73. The highest BCUT2D eigenvalue weighted by atomic mass is 31.2. The summed E-state index contributed by atoms with van der Waals surface area (Å²) in [6.45, 7) is 10.4. The summed E-state index contributed by atoms with van der Waals surface area (Å²) < 4.78 is 10.7. The lowest BCUT2D eigenvalue weighted by atomic mass is 10.0. The van der Waals surface area contributed by atoms with E-state index in [0.717, 1.165) is 24.7 Å². The van der Waals surface area contributed by atoms with Crippen molar-refractivity contribution in [1.29, 1.82) is 0 Å². The minimum atomic E-state index is -1.65. The van der Waals surface area contributed by atoms with Crippen molar-refractivity contribution in [3.63, 3.8) is 0 Å². The number of unbranched alkanes of at least 4 members (excludes halogenated alkanes) is 8.